The van der Waals surface area contributed by atoms with Crippen LogP contribution >= 0.6 is 24.8 Å². The first kappa shape index (κ1) is 22.2. The Hall–Kier alpha value is -0.820. The molecule has 25 heavy (non-hydrogen) atoms. The van der Waals surface area contributed by atoms with Crippen molar-refractivity contribution < 1.29 is 4.79 Å². The molecule has 1 aliphatic carbocycles. The average Bonchev–Trinajstić information content (AvgIpc) is 3.06. The molecular formula is C17H31Cl2N5O. The van der Waals surface area contributed by atoms with Gasteiger partial charge in [-0.15, -0.1) is 24.8 Å². The number of aromatic nitrogens is 2. The highest BCUT2D eigenvalue weighted by atomic mass is 35.5. The Morgan fingerprint density at radius 3 is 2.56 bits per heavy atom. The largest absolute Gasteiger partial charge is 0.327 e. The van der Waals surface area contributed by atoms with E-state index in [1.54, 1.807) is 0 Å². The van der Waals surface area contributed by atoms with Crippen LogP contribution in [0.25, 0.3) is 0 Å². The molecule has 1 saturated carbocycles. The van der Waals surface area contributed by atoms with Crippen LogP contribution in [0.2, 0.25) is 0 Å². The summed E-state index contributed by atoms with van der Waals surface area (Å²) in [6.07, 6.45) is 5.94. The topological polar surface area (TPSA) is 76.2 Å². The zero-order valence-electron chi connectivity index (χ0n) is 15.1. The molecule has 1 saturated heterocycles. The molecule has 2 heterocycles. The molecule has 1 aliphatic heterocycles. The number of piperidine rings is 1. The standard InChI is InChI=1S/C17H29N5O.2ClH/c1-12-10-16(19-17(23)11-13-4-3-5-15(13)18)22(20-12)14-6-8-21(2)9-7-14;;/h10,13-15H,3-9,11,18H2,1-2H3,(H,19,23);2*1H/t13-,15+;;/m0../s1. The van der Waals surface area contributed by atoms with Crippen molar-refractivity contribution in [3.63, 3.8) is 0 Å². The minimum absolute atomic E-state index is 0. The molecule has 144 valence electrons. The highest BCUT2D eigenvalue weighted by Crippen LogP contribution is 2.28. The van der Waals surface area contributed by atoms with Gasteiger partial charge in [0.1, 0.15) is 5.82 Å². The second-order valence-electron chi connectivity index (χ2n) is 7.26. The highest BCUT2D eigenvalue weighted by Gasteiger charge is 2.27. The first-order valence-corrected chi connectivity index (χ1v) is 8.83. The zero-order valence-corrected chi connectivity index (χ0v) is 16.7. The second-order valence-corrected chi connectivity index (χ2v) is 7.26. The van der Waals surface area contributed by atoms with Gasteiger partial charge in [0.2, 0.25) is 5.91 Å². The molecule has 1 amide bonds. The molecule has 6 nitrogen and oxygen atoms in total. The molecule has 3 rings (SSSR count). The molecule has 3 N–H and O–H groups in total. The summed E-state index contributed by atoms with van der Waals surface area (Å²) in [5, 5.41) is 7.70. The monoisotopic (exact) mass is 391 g/mol. The highest BCUT2D eigenvalue weighted by molar-refractivity contribution is 5.90. The summed E-state index contributed by atoms with van der Waals surface area (Å²) < 4.78 is 2.02. The summed E-state index contributed by atoms with van der Waals surface area (Å²) in [6.45, 7) is 4.13. The molecule has 0 bridgehead atoms. The SMILES string of the molecule is Cc1cc(NC(=O)C[C@@H]2CCC[C@H]2N)n(C2CCN(C)CC2)n1.Cl.Cl. The van der Waals surface area contributed by atoms with Gasteiger partial charge in [-0.25, -0.2) is 4.68 Å². The van der Waals surface area contributed by atoms with Crippen LogP contribution in [0, 0.1) is 12.8 Å². The van der Waals surface area contributed by atoms with Crippen molar-refractivity contribution >= 4 is 36.5 Å². The number of amides is 1. The van der Waals surface area contributed by atoms with Crippen molar-refractivity contribution in [2.45, 2.75) is 57.5 Å². The molecular weight excluding hydrogens is 361 g/mol. The Labute approximate surface area is 162 Å². The molecule has 0 aromatic carbocycles. The van der Waals surface area contributed by atoms with Gasteiger partial charge in [0.05, 0.1) is 11.7 Å². The van der Waals surface area contributed by atoms with E-state index in [1.165, 1.54) is 0 Å². The van der Waals surface area contributed by atoms with Gasteiger partial charge in [0.25, 0.3) is 0 Å². The Morgan fingerprint density at radius 1 is 1.28 bits per heavy atom. The van der Waals surface area contributed by atoms with Crippen LogP contribution in [-0.2, 0) is 4.79 Å². The third-order valence-electron chi connectivity index (χ3n) is 5.32. The minimum atomic E-state index is 0. The average molecular weight is 392 g/mol. The Bertz CT molecular complexity index is 557. The maximum atomic E-state index is 12.4. The number of aryl methyl sites for hydroxylation is 1. The number of halogens is 2. The van der Waals surface area contributed by atoms with Crippen LogP contribution in [0.1, 0.15) is 50.3 Å². The lowest BCUT2D eigenvalue weighted by Crippen LogP contribution is -2.33. The van der Waals surface area contributed by atoms with Crippen molar-refractivity contribution in [1.29, 1.82) is 0 Å². The summed E-state index contributed by atoms with van der Waals surface area (Å²) in [4.78, 5) is 14.7. The van der Waals surface area contributed by atoms with Crippen LogP contribution in [0.3, 0.4) is 0 Å². The minimum Gasteiger partial charge on any atom is -0.327 e. The molecule has 2 atom stereocenters. The molecule has 2 aliphatic rings. The van der Waals surface area contributed by atoms with Crippen molar-refractivity contribution in [3.8, 4) is 0 Å². The van der Waals surface area contributed by atoms with E-state index in [2.05, 4.69) is 22.4 Å². The number of nitrogens with zero attached hydrogens (tertiary/aromatic N) is 3. The van der Waals surface area contributed by atoms with Crippen LogP contribution < -0.4 is 11.1 Å². The molecule has 0 radical (unpaired) electrons. The van der Waals surface area contributed by atoms with E-state index < -0.39 is 0 Å². The summed E-state index contributed by atoms with van der Waals surface area (Å²) in [7, 11) is 2.15. The number of likely N-dealkylation sites (tertiary alicyclic amines) is 1. The third kappa shape index (κ3) is 5.58. The van der Waals surface area contributed by atoms with Gasteiger partial charge >= 0.3 is 0 Å². The normalized spacial score (nSPS) is 24.4. The number of anilines is 1. The fourth-order valence-electron chi connectivity index (χ4n) is 3.88. The number of nitrogens with one attached hydrogen (secondary N) is 1. The van der Waals surface area contributed by atoms with E-state index in [0.29, 0.717) is 18.4 Å². The lowest BCUT2D eigenvalue weighted by atomic mass is 10.00. The van der Waals surface area contributed by atoms with Gasteiger partial charge in [-0.1, -0.05) is 6.42 Å². The summed E-state index contributed by atoms with van der Waals surface area (Å²) >= 11 is 0. The molecule has 0 unspecified atom stereocenters. The van der Waals surface area contributed by atoms with Crippen LogP contribution in [-0.4, -0.2) is 46.8 Å². The second kappa shape index (κ2) is 9.76. The summed E-state index contributed by atoms with van der Waals surface area (Å²) in [5.74, 6) is 1.24. The fourth-order valence-corrected chi connectivity index (χ4v) is 3.88. The van der Waals surface area contributed by atoms with Gasteiger partial charge < -0.3 is 16.0 Å². The van der Waals surface area contributed by atoms with E-state index in [-0.39, 0.29) is 36.8 Å². The molecule has 1 aromatic heterocycles. The van der Waals surface area contributed by atoms with E-state index in [9.17, 15) is 4.79 Å². The van der Waals surface area contributed by atoms with Gasteiger partial charge in [-0.3, -0.25) is 4.79 Å². The lowest BCUT2D eigenvalue weighted by molar-refractivity contribution is -0.117. The number of carbonyl (C=O) groups excluding carboxylic acids is 1. The Balaban J connectivity index is 0.00000156. The van der Waals surface area contributed by atoms with Crippen molar-refractivity contribution in [2.24, 2.45) is 11.7 Å². The predicted molar refractivity (Wildman–Crippen MR) is 106 cm³/mol. The van der Waals surface area contributed by atoms with E-state index in [0.717, 1.165) is 56.7 Å². The maximum Gasteiger partial charge on any atom is 0.225 e. The molecule has 1 aromatic rings. The van der Waals surface area contributed by atoms with Gasteiger partial charge in [-0.05, 0) is 58.7 Å². The summed E-state index contributed by atoms with van der Waals surface area (Å²) in [6, 6.07) is 2.54. The summed E-state index contributed by atoms with van der Waals surface area (Å²) in [5.41, 5.74) is 7.04. The third-order valence-corrected chi connectivity index (χ3v) is 5.32. The molecule has 0 spiro atoms. The van der Waals surface area contributed by atoms with E-state index in [1.807, 2.05) is 17.7 Å². The fraction of sp³-hybridized carbons (Fsp3) is 0.765. The number of rotatable bonds is 4. The number of nitrogens with two attached hydrogens (primary N) is 1. The van der Waals surface area contributed by atoms with Gasteiger partial charge in [0, 0.05) is 18.5 Å². The van der Waals surface area contributed by atoms with Gasteiger partial charge in [-0.2, -0.15) is 5.10 Å². The van der Waals surface area contributed by atoms with Crippen LogP contribution in [0.15, 0.2) is 6.07 Å². The Morgan fingerprint density at radius 2 is 1.96 bits per heavy atom. The van der Waals surface area contributed by atoms with Crippen molar-refractivity contribution in [2.75, 3.05) is 25.5 Å². The Kier molecular flexibility index (Phi) is 8.68. The zero-order chi connectivity index (χ0) is 16.4. The molecule has 2 fully saturated rings. The number of hydrogen-bond acceptors (Lipinski definition) is 4. The van der Waals surface area contributed by atoms with Gasteiger partial charge in [0.15, 0.2) is 0 Å². The van der Waals surface area contributed by atoms with Crippen molar-refractivity contribution in [3.05, 3.63) is 11.8 Å². The quantitative estimate of drug-likeness (QED) is 0.826. The van der Waals surface area contributed by atoms with E-state index >= 15 is 0 Å². The van der Waals surface area contributed by atoms with Crippen LogP contribution in [0.5, 0.6) is 0 Å². The maximum absolute atomic E-state index is 12.4. The first-order chi connectivity index (χ1) is 11.0. The van der Waals surface area contributed by atoms with E-state index in [4.69, 9.17) is 5.73 Å². The number of carbonyl (C=O) groups is 1. The molecule has 8 heteroatoms. The smallest absolute Gasteiger partial charge is 0.225 e. The lowest BCUT2D eigenvalue weighted by Gasteiger charge is -2.30. The predicted octanol–water partition coefficient (Wildman–Crippen LogP) is 2.76. The van der Waals surface area contributed by atoms with Crippen LogP contribution in [0.4, 0.5) is 5.82 Å². The number of hydrogen-bond donors (Lipinski definition) is 2. The first-order valence-electron chi connectivity index (χ1n) is 8.83. The van der Waals surface area contributed by atoms with Crippen molar-refractivity contribution in [1.82, 2.24) is 14.7 Å².